The lowest BCUT2D eigenvalue weighted by Crippen LogP contribution is -2.42. The summed E-state index contributed by atoms with van der Waals surface area (Å²) in [7, 11) is 0. The Morgan fingerprint density at radius 3 is 2.47 bits per heavy atom. The summed E-state index contributed by atoms with van der Waals surface area (Å²) < 4.78 is 5.69. The van der Waals surface area contributed by atoms with Gasteiger partial charge in [-0.05, 0) is 66.4 Å². The summed E-state index contributed by atoms with van der Waals surface area (Å²) >= 11 is 5.86. The van der Waals surface area contributed by atoms with Crippen LogP contribution in [0.4, 0.5) is 5.69 Å². The average Bonchev–Trinajstić information content (AvgIpc) is 2.86. The molecule has 34 heavy (non-hydrogen) atoms. The summed E-state index contributed by atoms with van der Waals surface area (Å²) in [6.07, 6.45) is 1.11. The zero-order chi connectivity index (χ0) is 23.9. The van der Waals surface area contributed by atoms with E-state index in [2.05, 4.69) is 16.2 Å². The molecule has 3 N–H and O–H groups in total. The van der Waals surface area contributed by atoms with Crippen molar-refractivity contribution < 1.29 is 19.1 Å². The molecule has 7 nitrogen and oxygen atoms in total. The van der Waals surface area contributed by atoms with Crippen LogP contribution in [-0.2, 0) is 22.6 Å². The number of halogens is 1. The first-order chi connectivity index (χ1) is 16.5. The Hall–Kier alpha value is -3.84. The van der Waals surface area contributed by atoms with Crippen molar-refractivity contribution in [1.29, 1.82) is 0 Å². The number of rotatable bonds is 7. The van der Waals surface area contributed by atoms with Gasteiger partial charge in [0, 0.05) is 28.6 Å². The number of carbonyl (C=O) groups excluding carboxylic acids is 3. The van der Waals surface area contributed by atoms with Crippen molar-refractivity contribution >= 4 is 35.0 Å². The lowest BCUT2D eigenvalue weighted by atomic mass is 9.89. The number of hydrogen-bond donors (Lipinski definition) is 3. The summed E-state index contributed by atoms with van der Waals surface area (Å²) in [5.41, 5.74) is 8.00. The van der Waals surface area contributed by atoms with Crippen LogP contribution in [0.3, 0.4) is 0 Å². The van der Waals surface area contributed by atoms with Gasteiger partial charge >= 0.3 is 0 Å². The van der Waals surface area contributed by atoms with Gasteiger partial charge in [-0.3, -0.25) is 25.2 Å². The Bertz CT molecular complexity index is 1180. The van der Waals surface area contributed by atoms with Gasteiger partial charge < -0.3 is 10.1 Å². The molecule has 8 heteroatoms. The van der Waals surface area contributed by atoms with Crippen molar-refractivity contribution in [3.63, 3.8) is 0 Å². The molecule has 0 unspecified atom stereocenters. The number of hydrazine groups is 1. The quantitative estimate of drug-likeness (QED) is 0.443. The number of hydrogen-bond acceptors (Lipinski definition) is 4. The fourth-order valence-electron chi connectivity index (χ4n) is 3.66. The van der Waals surface area contributed by atoms with Gasteiger partial charge in [0.2, 0.25) is 11.8 Å². The van der Waals surface area contributed by atoms with Crippen molar-refractivity contribution in [3.8, 4) is 5.75 Å². The summed E-state index contributed by atoms with van der Waals surface area (Å²) in [5.74, 6) is -0.450. The van der Waals surface area contributed by atoms with Gasteiger partial charge in [-0.2, -0.15) is 0 Å². The summed E-state index contributed by atoms with van der Waals surface area (Å²) in [6.45, 7) is 0.347. The van der Waals surface area contributed by atoms with E-state index in [9.17, 15) is 14.4 Å². The largest absolute Gasteiger partial charge is 0.489 e. The summed E-state index contributed by atoms with van der Waals surface area (Å²) in [6, 6.07) is 21.6. The number of fused-ring (bicyclic) bond motifs is 1. The number of amides is 3. The second kappa shape index (κ2) is 10.9. The molecule has 0 radical (unpaired) electrons. The molecule has 3 aromatic rings. The van der Waals surface area contributed by atoms with E-state index in [-0.39, 0.29) is 24.2 Å². The van der Waals surface area contributed by atoms with Crippen LogP contribution in [0.2, 0.25) is 5.02 Å². The van der Waals surface area contributed by atoms with Crippen LogP contribution in [0.25, 0.3) is 0 Å². The van der Waals surface area contributed by atoms with Gasteiger partial charge in [-0.1, -0.05) is 41.9 Å². The van der Waals surface area contributed by atoms with Crippen molar-refractivity contribution in [3.05, 3.63) is 94.5 Å². The molecule has 0 aliphatic carbocycles. The zero-order valence-electron chi connectivity index (χ0n) is 18.3. The maximum Gasteiger partial charge on any atom is 0.269 e. The van der Waals surface area contributed by atoms with E-state index < -0.39 is 5.91 Å². The third-order valence-electron chi connectivity index (χ3n) is 5.58. The normalized spacial score (nSPS) is 14.5. The smallest absolute Gasteiger partial charge is 0.269 e. The minimum atomic E-state index is -0.428. The van der Waals surface area contributed by atoms with E-state index in [0.717, 1.165) is 16.8 Å². The molecule has 1 aliphatic rings. The van der Waals surface area contributed by atoms with Gasteiger partial charge in [0.1, 0.15) is 12.4 Å². The van der Waals surface area contributed by atoms with Crippen molar-refractivity contribution in [2.24, 2.45) is 5.92 Å². The number of nitrogens with one attached hydrogen (secondary N) is 3. The van der Waals surface area contributed by atoms with Gasteiger partial charge in [0.05, 0.1) is 0 Å². The van der Waals surface area contributed by atoms with Gasteiger partial charge in [-0.25, -0.2) is 0 Å². The highest BCUT2D eigenvalue weighted by Gasteiger charge is 2.26. The lowest BCUT2D eigenvalue weighted by molar-refractivity contribution is -0.123. The Balaban J connectivity index is 1.20. The number of para-hydroxylation sites is 1. The van der Waals surface area contributed by atoms with Crippen LogP contribution >= 0.6 is 11.6 Å². The predicted molar refractivity (Wildman–Crippen MR) is 129 cm³/mol. The van der Waals surface area contributed by atoms with Gasteiger partial charge in [0.15, 0.2) is 0 Å². The van der Waals surface area contributed by atoms with E-state index in [0.29, 0.717) is 35.8 Å². The number of carbonyl (C=O) groups is 3. The Morgan fingerprint density at radius 2 is 1.71 bits per heavy atom. The molecule has 0 spiro atoms. The monoisotopic (exact) mass is 477 g/mol. The highest BCUT2D eigenvalue weighted by Crippen LogP contribution is 2.27. The molecular formula is C26H24ClN3O4. The third kappa shape index (κ3) is 6.14. The minimum absolute atomic E-state index is 0.0873. The van der Waals surface area contributed by atoms with E-state index in [1.165, 1.54) is 0 Å². The average molecular weight is 478 g/mol. The Kier molecular flexibility index (Phi) is 7.44. The molecule has 3 amide bonds. The fraction of sp³-hybridized carbons (Fsp3) is 0.192. The molecule has 0 saturated heterocycles. The van der Waals surface area contributed by atoms with Gasteiger partial charge in [-0.15, -0.1) is 0 Å². The second-order valence-electron chi connectivity index (χ2n) is 8.03. The predicted octanol–water partition coefficient (Wildman–Crippen LogP) is 4.27. The standard InChI is InChI=1S/C26H24ClN3O4/c27-21-10-12-22(13-11-21)34-16-17-5-7-18(8-6-17)26(33)30-29-24(31)14-9-20-15-19-3-1-2-4-23(19)28-25(20)32/h1-8,10-13,20H,9,14-16H2,(H,28,32)(H,29,31)(H,30,33)/t20-/m1/s1. The highest BCUT2D eigenvalue weighted by atomic mass is 35.5. The van der Waals surface area contributed by atoms with Crippen LogP contribution in [0.15, 0.2) is 72.8 Å². The lowest BCUT2D eigenvalue weighted by Gasteiger charge is -2.24. The Labute approximate surface area is 202 Å². The van der Waals surface area contributed by atoms with E-state index in [1.807, 2.05) is 24.3 Å². The van der Waals surface area contributed by atoms with Crippen LogP contribution in [0, 0.1) is 5.92 Å². The Morgan fingerprint density at radius 1 is 0.971 bits per heavy atom. The molecule has 0 aromatic heterocycles. The van der Waals surface area contributed by atoms with E-state index >= 15 is 0 Å². The van der Waals surface area contributed by atoms with Gasteiger partial charge in [0.25, 0.3) is 5.91 Å². The molecule has 174 valence electrons. The fourth-order valence-corrected chi connectivity index (χ4v) is 3.79. The van der Waals surface area contributed by atoms with Crippen molar-refractivity contribution in [1.82, 2.24) is 10.9 Å². The van der Waals surface area contributed by atoms with Crippen LogP contribution in [0.1, 0.15) is 34.3 Å². The van der Waals surface area contributed by atoms with Crippen molar-refractivity contribution in [2.45, 2.75) is 25.9 Å². The second-order valence-corrected chi connectivity index (χ2v) is 8.46. The minimum Gasteiger partial charge on any atom is -0.489 e. The zero-order valence-corrected chi connectivity index (χ0v) is 19.1. The van der Waals surface area contributed by atoms with Crippen LogP contribution in [0.5, 0.6) is 5.75 Å². The molecule has 4 rings (SSSR count). The van der Waals surface area contributed by atoms with E-state index in [1.54, 1.807) is 48.5 Å². The molecule has 3 aromatic carbocycles. The van der Waals surface area contributed by atoms with Crippen molar-refractivity contribution in [2.75, 3.05) is 5.32 Å². The molecule has 0 bridgehead atoms. The number of anilines is 1. The molecule has 0 saturated carbocycles. The first kappa shape index (κ1) is 23.3. The van der Waals surface area contributed by atoms with Crippen LogP contribution in [-0.4, -0.2) is 17.7 Å². The summed E-state index contributed by atoms with van der Waals surface area (Å²) in [5, 5.41) is 3.51. The number of ether oxygens (including phenoxy) is 1. The molecule has 1 aliphatic heterocycles. The molecular weight excluding hydrogens is 454 g/mol. The third-order valence-corrected chi connectivity index (χ3v) is 5.83. The number of benzene rings is 3. The molecule has 1 heterocycles. The highest BCUT2D eigenvalue weighted by molar-refractivity contribution is 6.30. The summed E-state index contributed by atoms with van der Waals surface area (Å²) in [4.78, 5) is 36.8. The maximum atomic E-state index is 12.3. The van der Waals surface area contributed by atoms with E-state index in [4.69, 9.17) is 16.3 Å². The first-order valence-electron chi connectivity index (χ1n) is 10.9. The maximum absolute atomic E-state index is 12.3. The van der Waals surface area contributed by atoms with Crippen LogP contribution < -0.4 is 20.9 Å². The first-order valence-corrected chi connectivity index (χ1v) is 11.3. The molecule has 1 atom stereocenters. The molecule has 0 fully saturated rings. The topological polar surface area (TPSA) is 96.5 Å². The SMILES string of the molecule is O=C(CC[C@@H]1Cc2ccccc2NC1=O)NNC(=O)c1ccc(COc2ccc(Cl)cc2)cc1.